The Kier molecular flexibility index (Phi) is 6.74. The first-order chi connectivity index (χ1) is 15.4. The van der Waals surface area contributed by atoms with Gasteiger partial charge in [0.15, 0.2) is 0 Å². The average molecular weight is 458 g/mol. The number of anilines is 2. The molecule has 8 heteroatoms. The lowest BCUT2D eigenvalue weighted by Gasteiger charge is -2.23. The van der Waals surface area contributed by atoms with Crippen LogP contribution in [0.4, 0.5) is 15.8 Å². The summed E-state index contributed by atoms with van der Waals surface area (Å²) >= 11 is 5.83. The van der Waals surface area contributed by atoms with Crippen molar-refractivity contribution in [1.29, 1.82) is 0 Å². The molecule has 4 rings (SSSR count). The lowest BCUT2D eigenvalue weighted by atomic mass is 9.95. The fourth-order valence-corrected chi connectivity index (χ4v) is 4.50. The molecule has 1 atom stereocenters. The van der Waals surface area contributed by atoms with E-state index < -0.39 is 11.7 Å². The predicted octanol–water partition coefficient (Wildman–Crippen LogP) is 4.53. The Morgan fingerprint density at radius 1 is 1.06 bits per heavy atom. The summed E-state index contributed by atoms with van der Waals surface area (Å²) in [7, 11) is 0. The second-order valence-electron chi connectivity index (χ2n) is 8.35. The quantitative estimate of drug-likeness (QED) is 0.692. The van der Waals surface area contributed by atoms with Crippen LogP contribution in [0.2, 0.25) is 5.02 Å². The number of nitrogens with one attached hydrogen (secondary N) is 2. The lowest BCUT2D eigenvalue weighted by molar-refractivity contribution is -0.122. The van der Waals surface area contributed by atoms with Gasteiger partial charge in [-0.2, -0.15) is 0 Å². The molecule has 2 fully saturated rings. The highest BCUT2D eigenvalue weighted by molar-refractivity contribution is 6.31. The maximum Gasteiger partial charge on any atom is 0.253 e. The van der Waals surface area contributed by atoms with E-state index in [0.717, 1.165) is 25.7 Å². The van der Waals surface area contributed by atoms with E-state index in [4.69, 9.17) is 11.6 Å². The van der Waals surface area contributed by atoms with Crippen LogP contribution >= 0.6 is 11.6 Å². The number of halogens is 2. The Morgan fingerprint density at radius 2 is 1.81 bits per heavy atom. The van der Waals surface area contributed by atoms with Gasteiger partial charge in [0.1, 0.15) is 5.82 Å². The van der Waals surface area contributed by atoms with Crippen molar-refractivity contribution in [2.24, 2.45) is 5.92 Å². The maximum absolute atomic E-state index is 13.4. The molecule has 6 nitrogen and oxygen atoms in total. The first kappa shape index (κ1) is 22.3. The van der Waals surface area contributed by atoms with Crippen molar-refractivity contribution in [1.82, 2.24) is 5.32 Å². The third-order valence-electron chi connectivity index (χ3n) is 6.08. The zero-order valence-electron chi connectivity index (χ0n) is 17.6. The van der Waals surface area contributed by atoms with E-state index in [1.807, 2.05) is 0 Å². The molecule has 0 bridgehead atoms. The van der Waals surface area contributed by atoms with Crippen LogP contribution < -0.4 is 15.5 Å². The number of carbonyl (C=O) groups excluding carboxylic acids is 3. The maximum atomic E-state index is 13.4. The molecule has 32 heavy (non-hydrogen) atoms. The molecule has 2 aliphatic rings. The average Bonchev–Trinajstić information content (AvgIpc) is 3.18. The van der Waals surface area contributed by atoms with E-state index in [-0.39, 0.29) is 41.8 Å². The van der Waals surface area contributed by atoms with Crippen molar-refractivity contribution in [2.75, 3.05) is 16.8 Å². The zero-order valence-corrected chi connectivity index (χ0v) is 18.3. The number of benzene rings is 2. The molecule has 2 aromatic rings. The molecule has 0 aromatic heterocycles. The number of carbonyl (C=O) groups is 3. The molecule has 2 aromatic carbocycles. The van der Waals surface area contributed by atoms with Gasteiger partial charge in [0.2, 0.25) is 11.8 Å². The second-order valence-corrected chi connectivity index (χ2v) is 8.75. The summed E-state index contributed by atoms with van der Waals surface area (Å²) in [4.78, 5) is 39.6. The predicted molar refractivity (Wildman–Crippen MR) is 121 cm³/mol. The molecule has 1 heterocycles. The van der Waals surface area contributed by atoms with Gasteiger partial charge in [-0.3, -0.25) is 14.4 Å². The number of nitrogens with zero attached hydrogens (tertiary/aromatic N) is 1. The van der Waals surface area contributed by atoms with Crippen molar-refractivity contribution in [3.05, 3.63) is 58.9 Å². The molecule has 1 aliphatic heterocycles. The standard InChI is InChI=1S/C24H25ClFN3O3/c25-19-13-17(10-11-20(19)26)29-14-15(12-22(29)30)23(31)28-21-9-5-4-8-18(21)24(32)27-16-6-2-1-3-7-16/h4-5,8-11,13,15-16H,1-3,6-7,12,14H2,(H,27,32)(H,28,31). The number of rotatable bonds is 5. The fourth-order valence-electron chi connectivity index (χ4n) is 4.32. The topological polar surface area (TPSA) is 78.5 Å². The van der Waals surface area contributed by atoms with Crippen LogP contribution in [0.3, 0.4) is 0 Å². The van der Waals surface area contributed by atoms with E-state index in [0.29, 0.717) is 16.9 Å². The van der Waals surface area contributed by atoms with Gasteiger partial charge in [-0.15, -0.1) is 0 Å². The van der Waals surface area contributed by atoms with E-state index in [1.54, 1.807) is 24.3 Å². The summed E-state index contributed by atoms with van der Waals surface area (Å²) in [5.41, 5.74) is 1.27. The van der Waals surface area contributed by atoms with Gasteiger partial charge >= 0.3 is 0 Å². The minimum Gasteiger partial charge on any atom is -0.349 e. The Morgan fingerprint density at radius 3 is 2.56 bits per heavy atom. The Bertz CT molecular complexity index is 1040. The highest BCUT2D eigenvalue weighted by Gasteiger charge is 2.35. The molecule has 1 unspecified atom stereocenters. The molecule has 1 saturated heterocycles. The molecule has 1 saturated carbocycles. The minimum absolute atomic E-state index is 0.0251. The fraction of sp³-hybridized carbons (Fsp3) is 0.375. The summed E-state index contributed by atoms with van der Waals surface area (Å²) in [5.74, 6) is -1.96. The van der Waals surface area contributed by atoms with Gasteiger partial charge in [-0.25, -0.2) is 4.39 Å². The van der Waals surface area contributed by atoms with Crippen molar-refractivity contribution in [3.8, 4) is 0 Å². The zero-order chi connectivity index (χ0) is 22.7. The summed E-state index contributed by atoms with van der Waals surface area (Å²) in [6.45, 7) is 0.156. The van der Waals surface area contributed by atoms with Crippen LogP contribution in [-0.2, 0) is 9.59 Å². The smallest absolute Gasteiger partial charge is 0.253 e. The monoisotopic (exact) mass is 457 g/mol. The van der Waals surface area contributed by atoms with Crippen LogP contribution in [0.25, 0.3) is 0 Å². The van der Waals surface area contributed by atoms with Crippen LogP contribution in [0, 0.1) is 11.7 Å². The van der Waals surface area contributed by atoms with E-state index in [2.05, 4.69) is 10.6 Å². The van der Waals surface area contributed by atoms with Crippen LogP contribution in [-0.4, -0.2) is 30.3 Å². The highest BCUT2D eigenvalue weighted by Crippen LogP contribution is 2.29. The van der Waals surface area contributed by atoms with Crippen LogP contribution in [0.5, 0.6) is 0 Å². The van der Waals surface area contributed by atoms with Gasteiger partial charge in [-0.05, 0) is 43.2 Å². The molecular formula is C24H25ClFN3O3. The largest absolute Gasteiger partial charge is 0.349 e. The van der Waals surface area contributed by atoms with E-state index in [9.17, 15) is 18.8 Å². The van der Waals surface area contributed by atoms with Gasteiger partial charge in [0, 0.05) is 24.7 Å². The summed E-state index contributed by atoms with van der Waals surface area (Å²) in [6.07, 6.45) is 5.36. The van der Waals surface area contributed by atoms with Gasteiger partial charge in [0.25, 0.3) is 5.91 Å². The van der Waals surface area contributed by atoms with Crippen LogP contribution in [0.15, 0.2) is 42.5 Å². The molecule has 0 spiro atoms. The normalized spacial score (nSPS) is 19.1. The van der Waals surface area contributed by atoms with Crippen LogP contribution in [0.1, 0.15) is 48.9 Å². The number of hydrogen-bond donors (Lipinski definition) is 2. The summed E-state index contributed by atoms with van der Waals surface area (Å²) in [5, 5.41) is 5.80. The highest BCUT2D eigenvalue weighted by atomic mass is 35.5. The van der Waals surface area contributed by atoms with E-state index >= 15 is 0 Å². The van der Waals surface area contributed by atoms with E-state index in [1.165, 1.54) is 29.5 Å². The van der Waals surface area contributed by atoms with Crippen molar-refractivity contribution < 1.29 is 18.8 Å². The Balaban J connectivity index is 1.43. The molecule has 1 aliphatic carbocycles. The first-order valence-corrected chi connectivity index (χ1v) is 11.3. The Labute approximate surface area is 191 Å². The minimum atomic E-state index is -0.596. The molecule has 2 N–H and O–H groups in total. The van der Waals surface area contributed by atoms with Crippen molar-refractivity contribution in [2.45, 2.75) is 44.6 Å². The Hall–Kier alpha value is -2.93. The SMILES string of the molecule is O=C(NC1CCCCC1)c1ccccc1NC(=O)C1CC(=O)N(c2ccc(F)c(Cl)c2)C1. The summed E-state index contributed by atoms with van der Waals surface area (Å²) < 4.78 is 13.4. The van der Waals surface area contributed by atoms with Crippen molar-refractivity contribution in [3.63, 3.8) is 0 Å². The van der Waals surface area contributed by atoms with Crippen molar-refractivity contribution >= 4 is 40.7 Å². The molecular weight excluding hydrogens is 433 g/mol. The molecule has 3 amide bonds. The number of para-hydroxylation sites is 1. The molecule has 168 valence electrons. The third-order valence-corrected chi connectivity index (χ3v) is 6.37. The third kappa shape index (κ3) is 4.93. The lowest BCUT2D eigenvalue weighted by Crippen LogP contribution is -2.36. The molecule has 0 radical (unpaired) electrons. The second kappa shape index (κ2) is 9.69. The number of hydrogen-bond acceptors (Lipinski definition) is 3. The van der Waals surface area contributed by atoms with Gasteiger partial charge in [-0.1, -0.05) is 43.0 Å². The summed E-state index contributed by atoms with van der Waals surface area (Å²) in [6, 6.07) is 11.1. The first-order valence-electron chi connectivity index (χ1n) is 10.9. The number of amides is 3. The van der Waals surface area contributed by atoms with Gasteiger partial charge in [0.05, 0.1) is 22.2 Å². The van der Waals surface area contributed by atoms with Gasteiger partial charge < -0.3 is 15.5 Å².